The first kappa shape index (κ1) is 34.6. The van der Waals surface area contributed by atoms with Crippen molar-refractivity contribution in [2.75, 3.05) is 52.5 Å². The van der Waals surface area contributed by atoms with Crippen LogP contribution in [0.25, 0.3) is 28.0 Å². The number of nitrogens with zero attached hydrogens (tertiary/aromatic N) is 1. The van der Waals surface area contributed by atoms with Crippen LogP contribution in [0.5, 0.6) is 23.0 Å². The summed E-state index contributed by atoms with van der Waals surface area (Å²) in [4.78, 5) is 2.32. The van der Waals surface area contributed by atoms with Crippen LogP contribution in [0.2, 0.25) is 0 Å². The Kier molecular flexibility index (Phi) is 8.34. The minimum absolute atomic E-state index is 0.535. The average Bonchev–Trinajstić information content (AvgIpc) is 3.49. The van der Waals surface area contributed by atoms with Gasteiger partial charge in [0, 0.05) is 46.3 Å². The van der Waals surface area contributed by atoms with E-state index in [2.05, 4.69) is 41.3 Å². The molecule has 1 atom stereocenters. The molecule has 2 aliphatic carbocycles. The van der Waals surface area contributed by atoms with Gasteiger partial charge in [-0.15, -0.1) is 0 Å². The van der Waals surface area contributed by atoms with Gasteiger partial charge in [0.2, 0.25) is 0 Å². The van der Waals surface area contributed by atoms with Crippen molar-refractivity contribution < 1.29 is 36.9 Å². The number of fused-ring (bicyclic) bond motifs is 10. The molecule has 0 aromatic heterocycles. The normalized spacial score (nSPS) is 19.9. The highest BCUT2D eigenvalue weighted by atomic mass is 19.4. The van der Waals surface area contributed by atoms with Crippen LogP contribution < -0.4 is 23.8 Å². The maximum atomic E-state index is 14.4. The minimum Gasteiger partial charge on any atom is -0.497 e. The summed E-state index contributed by atoms with van der Waals surface area (Å²) in [5, 5.41) is 1.65. The standard InChI is InChI=1S/C45H42F3NO5/c1-50-32-14-9-29(10-15-32)44(28-7-12-31(13-8-28)49-21-23-53-24-22-49)20-17-34-41-40(35-26-38(51-2)39(52-3)27-36(35)42(34)54-44)33-16-11-30(45(46,47)48)25-37(33)43(41)18-5-4-6-19-43/h7-17,20,25-27H,4-6,18-19,21-24H2,1-3H3. The van der Waals surface area contributed by atoms with E-state index >= 15 is 0 Å². The molecule has 0 N–H and O–H groups in total. The highest BCUT2D eigenvalue weighted by Crippen LogP contribution is 2.63. The van der Waals surface area contributed by atoms with Crippen molar-refractivity contribution in [1.82, 2.24) is 0 Å². The molecular weight excluding hydrogens is 691 g/mol. The first-order chi connectivity index (χ1) is 26.2. The zero-order valence-electron chi connectivity index (χ0n) is 30.6. The van der Waals surface area contributed by atoms with Crippen molar-refractivity contribution in [3.05, 3.63) is 118 Å². The SMILES string of the molecule is COc1ccc(C2(c3ccc(N4CCOCC4)cc3)C=Cc3c4c(c5cc(OC)c(OC)cc5c3O2)-c2ccc(C(F)(F)F)cc2C42CCCCC2)cc1. The fraction of sp³-hybridized carbons (Fsp3) is 0.333. The van der Waals surface area contributed by atoms with Crippen molar-refractivity contribution in [3.63, 3.8) is 0 Å². The quantitative estimate of drug-likeness (QED) is 0.173. The summed E-state index contributed by atoms with van der Waals surface area (Å²) in [5.74, 6) is 2.46. The van der Waals surface area contributed by atoms with E-state index < -0.39 is 22.8 Å². The van der Waals surface area contributed by atoms with E-state index in [0.29, 0.717) is 30.5 Å². The predicted molar refractivity (Wildman–Crippen MR) is 204 cm³/mol. The molecule has 1 unspecified atom stereocenters. The number of methoxy groups -OCH3 is 3. The average molecular weight is 734 g/mol. The van der Waals surface area contributed by atoms with Gasteiger partial charge in [-0.3, -0.25) is 0 Å². The van der Waals surface area contributed by atoms with Crippen LogP contribution in [-0.4, -0.2) is 47.6 Å². The fourth-order valence-electron chi connectivity index (χ4n) is 9.44. The molecule has 2 aliphatic heterocycles. The highest BCUT2D eigenvalue weighted by molar-refractivity contribution is 6.09. The second-order valence-corrected chi connectivity index (χ2v) is 14.7. The topological polar surface area (TPSA) is 49.4 Å². The zero-order valence-corrected chi connectivity index (χ0v) is 30.6. The third-order valence-electron chi connectivity index (χ3n) is 12.1. The molecule has 9 heteroatoms. The maximum Gasteiger partial charge on any atom is 0.416 e. The molecule has 5 aromatic rings. The number of halogens is 3. The van der Waals surface area contributed by atoms with Gasteiger partial charge < -0.3 is 28.6 Å². The Morgan fingerprint density at radius 3 is 2.00 bits per heavy atom. The molecule has 0 amide bonds. The van der Waals surface area contributed by atoms with Gasteiger partial charge in [0.05, 0.1) is 40.1 Å². The molecule has 1 saturated heterocycles. The summed E-state index contributed by atoms with van der Waals surface area (Å²) >= 11 is 0. The van der Waals surface area contributed by atoms with Crippen LogP contribution in [-0.2, 0) is 21.9 Å². The van der Waals surface area contributed by atoms with Crippen molar-refractivity contribution >= 4 is 22.5 Å². The number of morpholine rings is 1. The summed E-state index contributed by atoms with van der Waals surface area (Å²) in [6, 6.07) is 24.7. The number of benzene rings is 5. The highest BCUT2D eigenvalue weighted by Gasteiger charge is 2.50. The number of hydrogen-bond acceptors (Lipinski definition) is 6. The molecule has 0 bridgehead atoms. The first-order valence-corrected chi connectivity index (χ1v) is 18.6. The van der Waals surface area contributed by atoms with Gasteiger partial charge >= 0.3 is 6.18 Å². The van der Waals surface area contributed by atoms with E-state index in [9.17, 15) is 13.2 Å². The van der Waals surface area contributed by atoms with E-state index in [1.54, 1.807) is 27.4 Å². The Morgan fingerprint density at radius 2 is 1.37 bits per heavy atom. The molecular formula is C45H42F3NO5. The van der Waals surface area contributed by atoms with Crippen molar-refractivity contribution in [3.8, 4) is 34.1 Å². The number of anilines is 1. The molecule has 4 aliphatic rings. The number of hydrogen-bond donors (Lipinski definition) is 0. The minimum atomic E-state index is -4.46. The number of rotatable bonds is 6. The van der Waals surface area contributed by atoms with E-state index in [4.69, 9.17) is 23.7 Å². The summed E-state index contributed by atoms with van der Waals surface area (Å²) < 4.78 is 73.5. The second kappa shape index (κ2) is 13.0. The Labute approximate surface area is 313 Å². The lowest BCUT2D eigenvalue weighted by atomic mass is 9.66. The lowest BCUT2D eigenvalue weighted by Crippen LogP contribution is -2.37. The van der Waals surface area contributed by atoms with Crippen LogP contribution in [0.1, 0.15) is 65.5 Å². The Balaban J connectivity index is 1.32. The fourth-order valence-corrected chi connectivity index (χ4v) is 9.44. The Morgan fingerprint density at radius 1 is 0.722 bits per heavy atom. The molecule has 1 spiro atoms. The third kappa shape index (κ3) is 5.26. The summed E-state index contributed by atoms with van der Waals surface area (Å²) in [6.07, 6.45) is 4.19. The van der Waals surface area contributed by atoms with Crippen LogP contribution in [0.3, 0.4) is 0 Å². The molecule has 9 rings (SSSR count). The maximum absolute atomic E-state index is 14.4. The van der Waals surface area contributed by atoms with Crippen LogP contribution >= 0.6 is 0 Å². The van der Waals surface area contributed by atoms with Crippen LogP contribution in [0.4, 0.5) is 18.9 Å². The van der Waals surface area contributed by atoms with Gasteiger partial charge in [0.25, 0.3) is 0 Å². The van der Waals surface area contributed by atoms with Gasteiger partial charge in [-0.05, 0) is 95.1 Å². The Bertz CT molecular complexity index is 2270. The summed E-state index contributed by atoms with van der Waals surface area (Å²) in [5.41, 5.74) is 5.12. The molecule has 0 radical (unpaired) electrons. The molecule has 2 fully saturated rings. The van der Waals surface area contributed by atoms with Crippen molar-refractivity contribution in [1.29, 1.82) is 0 Å². The predicted octanol–water partition coefficient (Wildman–Crippen LogP) is 10.3. The molecule has 278 valence electrons. The van der Waals surface area contributed by atoms with E-state index in [1.165, 1.54) is 12.1 Å². The van der Waals surface area contributed by atoms with Crippen LogP contribution in [0, 0.1) is 0 Å². The van der Waals surface area contributed by atoms with E-state index in [1.807, 2.05) is 36.4 Å². The van der Waals surface area contributed by atoms with Gasteiger partial charge in [-0.2, -0.15) is 13.2 Å². The van der Waals surface area contributed by atoms with Gasteiger partial charge in [-0.1, -0.05) is 55.7 Å². The molecule has 1 saturated carbocycles. The van der Waals surface area contributed by atoms with Crippen molar-refractivity contribution in [2.45, 2.75) is 49.3 Å². The van der Waals surface area contributed by atoms with E-state index in [0.717, 1.165) is 106 Å². The lowest BCUT2D eigenvalue weighted by Gasteiger charge is -2.41. The summed E-state index contributed by atoms with van der Waals surface area (Å²) in [7, 11) is 4.85. The summed E-state index contributed by atoms with van der Waals surface area (Å²) in [6.45, 7) is 3.02. The monoisotopic (exact) mass is 733 g/mol. The molecule has 5 aromatic carbocycles. The first-order valence-electron chi connectivity index (χ1n) is 18.6. The van der Waals surface area contributed by atoms with Crippen molar-refractivity contribution in [2.24, 2.45) is 0 Å². The van der Waals surface area contributed by atoms with Crippen LogP contribution in [0.15, 0.2) is 84.9 Å². The number of ether oxygens (including phenoxy) is 5. The van der Waals surface area contributed by atoms with Gasteiger partial charge in [0.15, 0.2) is 17.1 Å². The smallest absolute Gasteiger partial charge is 0.416 e. The third-order valence-corrected chi connectivity index (χ3v) is 12.1. The molecule has 54 heavy (non-hydrogen) atoms. The van der Waals surface area contributed by atoms with E-state index in [-0.39, 0.29) is 0 Å². The molecule has 6 nitrogen and oxygen atoms in total. The van der Waals surface area contributed by atoms with Gasteiger partial charge in [0.1, 0.15) is 11.5 Å². The molecule has 2 heterocycles. The number of alkyl halides is 3. The zero-order chi connectivity index (χ0) is 37.2. The second-order valence-electron chi connectivity index (χ2n) is 14.7. The lowest BCUT2D eigenvalue weighted by molar-refractivity contribution is -0.137. The largest absolute Gasteiger partial charge is 0.497 e. The van der Waals surface area contributed by atoms with Gasteiger partial charge in [-0.25, -0.2) is 0 Å². The Hall–Kier alpha value is -5.15.